The fourth-order valence-corrected chi connectivity index (χ4v) is 3.00. The molecule has 0 unspecified atom stereocenters. The van der Waals surface area contributed by atoms with Crippen LogP contribution in [0.3, 0.4) is 0 Å². The van der Waals surface area contributed by atoms with Crippen LogP contribution in [0.1, 0.15) is 5.56 Å². The maximum Gasteiger partial charge on any atom is 0.319 e. The maximum absolute atomic E-state index is 12.1. The van der Waals surface area contributed by atoms with Crippen molar-refractivity contribution in [2.45, 2.75) is 6.54 Å². The number of carbonyl (C=O) groups is 1. The molecule has 2 heterocycles. The number of methoxy groups -OCH3 is 1. The number of anilines is 1. The van der Waals surface area contributed by atoms with Crippen LogP contribution in [0.5, 0.6) is 5.75 Å². The molecule has 0 bridgehead atoms. The second-order valence-electron chi connectivity index (χ2n) is 5.02. The summed E-state index contributed by atoms with van der Waals surface area (Å²) >= 11 is 1.63. The largest absolute Gasteiger partial charge is 0.497 e. The fourth-order valence-electron chi connectivity index (χ4n) is 2.24. The SMILES string of the molecule is COc1ccc(NC(=O)NCc2cccnc2-c2cccs2)cc1. The van der Waals surface area contributed by atoms with Gasteiger partial charge in [-0.25, -0.2) is 4.79 Å². The van der Waals surface area contributed by atoms with Crippen LogP contribution >= 0.6 is 11.3 Å². The van der Waals surface area contributed by atoms with E-state index in [2.05, 4.69) is 15.6 Å². The highest BCUT2D eigenvalue weighted by Crippen LogP contribution is 2.25. The normalized spacial score (nSPS) is 10.2. The summed E-state index contributed by atoms with van der Waals surface area (Å²) in [4.78, 5) is 17.6. The van der Waals surface area contributed by atoms with Crippen LogP contribution in [0.25, 0.3) is 10.6 Å². The van der Waals surface area contributed by atoms with E-state index in [4.69, 9.17) is 4.74 Å². The van der Waals surface area contributed by atoms with Crippen molar-refractivity contribution in [2.75, 3.05) is 12.4 Å². The average Bonchev–Trinajstić information content (AvgIpc) is 3.15. The molecular weight excluding hydrogens is 322 g/mol. The van der Waals surface area contributed by atoms with Gasteiger partial charge in [0.05, 0.1) is 17.7 Å². The molecular formula is C18H17N3O2S. The number of ether oxygens (including phenoxy) is 1. The highest BCUT2D eigenvalue weighted by Gasteiger charge is 2.09. The Hall–Kier alpha value is -2.86. The molecule has 0 spiro atoms. The number of hydrogen-bond acceptors (Lipinski definition) is 4. The standard InChI is InChI=1S/C18H17N3O2S/c1-23-15-8-6-14(7-9-15)21-18(22)20-12-13-4-2-10-19-17(13)16-5-3-11-24-16/h2-11H,12H2,1H3,(H2,20,21,22). The lowest BCUT2D eigenvalue weighted by molar-refractivity contribution is 0.251. The molecule has 0 saturated carbocycles. The monoisotopic (exact) mass is 339 g/mol. The van der Waals surface area contributed by atoms with Gasteiger partial charge in [-0.1, -0.05) is 12.1 Å². The first kappa shape index (κ1) is 16.0. The maximum atomic E-state index is 12.1. The first-order valence-electron chi connectivity index (χ1n) is 7.43. The number of nitrogens with one attached hydrogen (secondary N) is 2. The lowest BCUT2D eigenvalue weighted by atomic mass is 10.1. The van der Waals surface area contributed by atoms with E-state index in [9.17, 15) is 4.79 Å². The van der Waals surface area contributed by atoms with Gasteiger partial charge in [0.25, 0.3) is 0 Å². The van der Waals surface area contributed by atoms with Crippen LogP contribution in [-0.2, 0) is 6.54 Å². The Labute approximate surface area is 144 Å². The minimum Gasteiger partial charge on any atom is -0.497 e. The van der Waals surface area contributed by atoms with E-state index in [0.29, 0.717) is 12.2 Å². The summed E-state index contributed by atoms with van der Waals surface area (Å²) in [7, 11) is 1.61. The summed E-state index contributed by atoms with van der Waals surface area (Å²) in [6, 6.07) is 14.8. The van der Waals surface area contributed by atoms with Gasteiger partial charge in [0, 0.05) is 18.4 Å². The molecule has 0 fully saturated rings. The topological polar surface area (TPSA) is 63.2 Å². The first-order valence-corrected chi connectivity index (χ1v) is 8.31. The minimum atomic E-state index is -0.263. The summed E-state index contributed by atoms with van der Waals surface area (Å²) in [6.07, 6.45) is 1.76. The Bertz CT molecular complexity index is 801. The van der Waals surface area contributed by atoms with E-state index < -0.39 is 0 Å². The number of urea groups is 1. The van der Waals surface area contributed by atoms with Crippen LogP contribution in [0.15, 0.2) is 60.1 Å². The van der Waals surface area contributed by atoms with E-state index >= 15 is 0 Å². The van der Waals surface area contributed by atoms with Gasteiger partial charge < -0.3 is 15.4 Å². The average molecular weight is 339 g/mol. The quantitative estimate of drug-likeness (QED) is 0.734. The van der Waals surface area contributed by atoms with Crippen molar-refractivity contribution in [1.29, 1.82) is 0 Å². The van der Waals surface area contributed by atoms with Gasteiger partial charge in [0.15, 0.2) is 0 Å². The number of amides is 2. The first-order chi connectivity index (χ1) is 11.8. The van der Waals surface area contributed by atoms with E-state index in [0.717, 1.165) is 21.9 Å². The Kier molecular flexibility index (Phi) is 5.08. The highest BCUT2D eigenvalue weighted by molar-refractivity contribution is 7.13. The van der Waals surface area contributed by atoms with Crippen molar-refractivity contribution in [3.8, 4) is 16.3 Å². The van der Waals surface area contributed by atoms with E-state index in [1.54, 1.807) is 48.9 Å². The van der Waals surface area contributed by atoms with Crippen LogP contribution < -0.4 is 15.4 Å². The lowest BCUT2D eigenvalue weighted by Gasteiger charge is -2.10. The molecule has 2 N–H and O–H groups in total. The molecule has 0 radical (unpaired) electrons. The van der Waals surface area contributed by atoms with Crippen molar-refractivity contribution in [1.82, 2.24) is 10.3 Å². The predicted molar refractivity (Wildman–Crippen MR) is 96.4 cm³/mol. The van der Waals surface area contributed by atoms with Crippen molar-refractivity contribution >= 4 is 23.1 Å². The second-order valence-corrected chi connectivity index (χ2v) is 5.97. The molecule has 0 aliphatic heterocycles. The fraction of sp³-hybridized carbons (Fsp3) is 0.111. The lowest BCUT2D eigenvalue weighted by Crippen LogP contribution is -2.28. The molecule has 0 aliphatic carbocycles. The number of pyridine rings is 1. The summed E-state index contributed by atoms with van der Waals surface area (Å²) < 4.78 is 5.09. The molecule has 2 aromatic heterocycles. The number of hydrogen-bond donors (Lipinski definition) is 2. The van der Waals surface area contributed by atoms with Crippen molar-refractivity contribution < 1.29 is 9.53 Å². The molecule has 3 rings (SSSR count). The molecule has 5 nitrogen and oxygen atoms in total. The van der Waals surface area contributed by atoms with Crippen LogP contribution in [0.4, 0.5) is 10.5 Å². The van der Waals surface area contributed by atoms with E-state index in [-0.39, 0.29) is 6.03 Å². The Morgan fingerprint density at radius 2 is 2.00 bits per heavy atom. The highest BCUT2D eigenvalue weighted by atomic mass is 32.1. The minimum absolute atomic E-state index is 0.263. The number of thiophene rings is 1. The van der Waals surface area contributed by atoms with Gasteiger partial charge in [-0.3, -0.25) is 4.98 Å². The van der Waals surface area contributed by atoms with Gasteiger partial charge in [0.1, 0.15) is 5.75 Å². The zero-order chi connectivity index (χ0) is 16.8. The third-order valence-electron chi connectivity index (χ3n) is 3.43. The number of nitrogens with zero attached hydrogens (tertiary/aromatic N) is 1. The third kappa shape index (κ3) is 3.91. The molecule has 3 aromatic rings. The molecule has 6 heteroatoms. The Morgan fingerprint density at radius 3 is 2.71 bits per heavy atom. The van der Waals surface area contributed by atoms with E-state index in [1.807, 2.05) is 29.6 Å². The van der Waals surface area contributed by atoms with Gasteiger partial charge in [-0.2, -0.15) is 0 Å². The molecule has 1 aromatic carbocycles. The third-order valence-corrected chi connectivity index (χ3v) is 4.31. The Balaban J connectivity index is 1.62. The van der Waals surface area contributed by atoms with E-state index in [1.165, 1.54) is 0 Å². The van der Waals surface area contributed by atoms with Gasteiger partial charge in [0.2, 0.25) is 0 Å². The molecule has 0 saturated heterocycles. The molecule has 0 aliphatic rings. The number of rotatable bonds is 5. The van der Waals surface area contributed by atoms with Crippen LogP contribution in [-0.4, -0.2) is 18.1 Å². The predicted octanol–water partition coefficient (Wildman–Crippen LogP) is 4.14. The van der Waals surface area contributed by atoms with Gasteiger partial charge >= 0.3 is 6.03 Å². The number of aromatic nitrogens is 1. The number of carbonyl (C=O) groups excluding carboxylic acids is 1. The summed E-state index contributed by atoms with van der Waals surface area (Å²) in [5.74, 6) is 0.747. The Morgan fingerprint density at radius 1 is 1.17 bits per heavy atom. The summed E-state index contributed by atoms with van der Waals surface area (Å²) in [6.45, 7) is 0.406. The zero-order valence-electron chi connectivity index (χ0n) is 13.2. The van der Waals surface area contributed by atoms with Crippen LogP contribution in [0, 0.1) is 0 Å². The molecule has 24 heavy (non-hydrogen) atoms. The molecule has 2 amide bonds. The number of benzene rings is 1. The molecule has 122 valence electrons. The van der Waals surface area contributed by atoms with Crippen LogP contribution in [0.2, 0.25) is 0 Å². The summed E-state index contributed by atoms with van der Waals surface area (Å²) in [5.41, 5.74) is 2.58. The van der Waals surface area contributed by atoms with Crippen molar-refractivity contribution in [2.24, 2.45) is 0 Å². The molecule has 0 atom stereocenters. The second kappa shape index (κ2) is 7.61. The van der Waals surface area contributed by atoms with Crippen molar-refractivity contribution in [3.05, 3.63) is 65.7 Å². The van der Waals surface area contributed by atoms with Gasteiger partial charge in [-0.05, 0) is 47.3 Å². The van der Waals surface area contributed by atoms with Gasteiger partial charge in [-0.15, -0.1) is 11.3 Å². The zero-order valence-corrected chi connectivity index (χ0v) is 14.0. The summed E-state index contributed by atoms with van der Waals surface area (Å²) in [5, 5.41) is 7.67. The van der Waals surface area contributed by atoms with Crippen molar-refractivity contribution in [3.63, 3.8) is 0 Å². The smallest absolute Gasteiger partial charge is 0.319 e.